The van der Waals surface area contributed by atoms with E-state index in [4.69, 9.17) is 9.47 Å². The molecule has 0 amide bonds. The molecule has 1 heterocycles. The lowest BCUT2D eigenvalue weighted by atomic mass is 9.69. The van der Waals surface area contributed by atoms with Crippen molar-refractivity contribution in [1.29, 1.82) is 0 Å². The Morgan fingerprint density at radius 1 is 1.09 bits per heavy atom. The second-order valence-electron chi connectivity index (χ2n) is 9.25. The number of carbonyl (C=O) groups excluding carboxylic acids is 3. The predicted molar refractivity (Wildman–Crippen MR) is 119 cm³/mol. The van der Waals surface area contributed by atoms with Gasteiger partial charge in [-0.25, -0.2) is 9.18 Å². The number of halogens is 1. The molecule has 3 aliphatic rings. The lowest BCUT2D eigenvalue weighted by molar-refractivity contribution is -0.151. The van der Waals surface area contributed by atoms with E-state index < -0.39 is 29.6 Å². The number of carbonyl (C=O) groups is 3. The largest absolute Gasteiger partial charge is 0.468 e. The Labute approximate surface area is 193 Å². The van der Waals surface area contributed by atoms with E-state index in [9.17, 15) is 18.8 Å². The zero-order chi connectivity index (χ0) is 23.7. The zero-order valence-corrected chi connectivity index (χ0v) is 19.3. The van der Waals surface area contributed by atoms with E-state index in [1.807, 2.05) is 6.92 Å². The second-order valence-corrected chi connectivity index (χ2v) is 9.25. The number of methoxy groups -OCH3 is 1. The number of dihydropyridines is 1. The van der Waals surface area contributed by atoms with Gasteiger partial charge in [-0.1, -0.05) is 25.5 Å². The average Bonchev–Trinajstić information content (AvgIpc) is 2.79. The molecule has 0 saturated heterocycles. The second kappa shape index (κ2) is 9.49. The number of allylic oxidation sites excluding steroid dienone is 3. The summed E-state index contributed by atoms with van der Waals surface area (Å²) < 4.78 is 24.5. The van der Waals surface area contributed by atoms with Gasteiger partial charge in [-0.2, -0.15) is 0 Å². The molecule has 33 heavy (non-hydrogen) atoms. The molecule has 1 N–H and O–H groups in total. The number of ketones is 1. The first-order valence-electron chi connectivity index (χ1n) is 11.6. The van der Waals surface area contributed by atoms with Gasteiger partial charge in [-0.15, -0.1) is 0 Å². The van der Waals surface area contributed by atoms with Gasteiger partial charge in [0.1, 0.15) is 17.8 Å². The molecule has 1 aromatic rings. The number of esters is 2. The summed E-state index contributed by atoms with van der Waals surface area (Å²) in [6, 6.07) is 5.78. The Morgan fingerprint density at radius 2 is 1.76 bits per heavy atom. The molecular formula is C26H30FNO5. The Kier molecular flexibility index (Phi) is 6.68. The first-order valence-corrected chi connectivity index (χ1v) is 11.6. The van der Waals surface area contributed by atoms with Crippen LogP contribution in [0.1, 0.15) is 63.9 Å². The minimum absolute atomic E-state index is 0.152. The van der Waals surface area contributed by atoms with E-state index in [1.165, 1.54) is 19.2 Å². The predicted octanol–water partition coefficient (Wildman–Crippen LogP) is 4.31. The molecule has 1 aromatic carbocycles. The van der Waals surface area contributed by atoms with Gasteiger partial charge in [-0.3, -0.25) is 9.59 Å². The van der Waals surface area contributed by atoms with E-state index >= 15 is 0 Å². The summed E-state index contributed by atoms with van der Waals surface area (Å²) in [6.07, 6.45) is 5.11. The first kappa shape index (κ1) is 23.2. The van der Waals surface area contributed by atoms with E-state index in [2.05, 4.69) is 5.32 Å². The highest BCUT2D eigenvalue weighted by Crippen LogP contribution is 2.45. The average molecular weight is 456 g/mol. The van der Waals surface area contributed by atoms with Gasteiger partial charge >= 0.3 is 11.9 Å². The van der Waals surface area contributed by atoms with Crippen LogP contribution in [0.15, 0.2) is 46.8 Å². The van der Waals surface area contributed by atoms with Crippen LogP contribution in [0.2, 0.25) is 0 Å². The van der Waals surface area contributed by atoms with Gasteiger partial charge in [0.05, 0.1) is 12.7 Å². The summed E-state index contributed by atoms with van der Waals surface area (Å²) in [5.74, 6) is -3.80. The maximum absolute atomic E-state index is 13.7. The lowest BCUT2D eigenvalue weighted by Crippen LogP contribution is -2.43. The number of nitrogens with one attached hydrogen (secondary N) is 1. The van der Waals surface area contributed by atoms with Crippen LogP contribution in [0.25, 0.3) is 0 Å². The smallest absolute Gasteiger partial charge is 0.337 e. The zero-order valence-electron chi connectivity index (χ0n) is 19.3. The van der Waals surface area contributed by atoms with Crippen molar-refractivity contribution in [1.82, 2.24) is 5.32 Å². The van der Waals surface area contributed by atoms with E-state index in [1.54, 1.807) is 19.1 Å². The van der Waals surface area contributed by atoms with E-state index in [0.29, 0.717) is 34.5 Å². The fourth-order valence-electron chi connectivity index (χ4n) is 5.34. The molecule has 0 spiro atoms. The number of hydrogen-bond acceptors (Lipinski definition) is 6. The van der Waals surface area contributed by atoms with Gasteiger partial charge in [0.2, 0.25) is 0 Å². The molecule has 0 aromatic heterocycles. The van der Waals surface area contributed by atoms with Crippen LogP contribution in [0.3, 0.4) is 0 Å². The van der Waals surface area contributed by atoms with Crippen LogP contribution < -0.4 is 5.32 Å². The molecule has 176 valence electrons. The van der Waals surface area contributed by atoms with Crippen molar-refractivity contribution in [2.75, 3.05) is 7.11 Å². The highest BCUT2D eigenvalue weighted by Gasteiger charge is 2.47. The van der Waals surface area contributed by atoms with E-state index in [0.717, 1.165) is 32.1 Å². The summed E-state index contributed by atoms with van der Waals surface area (Å²) >= 11 is 0. The Balaban J connectivity index is 1.77. The van der Waals surface area contributed by atoms with Gasteiger partial charge in [0.25, 0.3) is 0 Å². The number of hydrogen-bond donors (Lipinski definition) is 1. The fraction of sp³-hybridized carbons (Fsp3) is 0.500. The van der Waals surface area contributed by atoms with Gasteiger partial charge in [-0.05, 0) is 62.6 Å². The third-order valence-corrected chi connectivity index (χ3v) is 6.99. The first-order chi connectivity index (χ1) is 15.8. The topological polar surface area (TPSA) is 81.7 Å². The van der Waals surface area contributed by atoms with E-state index in [-0.39, 0.29) is 17.8 Å². The van der Waals surface area contributed by atoms with Crippen molar-refractivity contribution in [2.45, 2.75) is 64.4 Å². The maximum atomic E-state index is 13.7. The third kappa shape index (κ3) is 4.45. The molecule has 1 aliphatic heterocycles. The van der Waals surface area contributed by atoms with Crippen LogP contribution >= 0.6 is 0 Å². The number of ether oxygens (including phenoxy) is 2. The molecule has 1 saturated carbocycles. The lowest BCUT2D eigenvalue weighted by Gasteiger charge is -2.38. The van der Waals surface area contributed by atoms with Crippen molar-refractivity contribution >= 4 is 17.7 Å². The molecule has 0 bridgehead atoms. The highest BCUT2D eigenvalue weighted by atomic mass is 19.1. The quantitative estimate of drug-likeness (QED) is 0.538. The monoisotopic (exact) mass is 455 g/mol. The highest BCUT2D eigenvalue weighted by molar-refractivity contribution is 6.12. The normalized spacial score (nSPS) is 25.9. The molecule has 6 nitrogen and oxygen atoms in total. The molecule has 1 fully saturated rings. The summed E-state index contributed by atoms with van der Waals surface area (Å²) in [5, 5.41) is 3.25. The van der Waals surface area contributed by atoms with Crippen LogP contribution in [0, 0.1) is 17.7 Å². The summed E-state index contributed by atoms with van der Waals surface area (Å²) in [5.41, 5.74) is 2.59. The van der Waals surface area contributed by atoms with Gasteiger partial charge in [0.15, 0.2) is 5.78 Å². The minimum atomic E-state index is -0.951. The van der Waals surface area contributed by atoms with Crippen molar-refractivity contribution in [2.24, 2.45) is 11.8 Å². The Hall–Kier alpha value is -2.96. The standard InChI is InChI=1S/C26H30FNO5/c1-14-13-19-23(24(29)20(14)25(30)32-3)22(16-9-11-17(27)12-10-16)21(15(2)28-19)26(31)33-18-7-5-4-6-8-18/h9-12,14,18,20,22,28H,4-8,13H2,1-3H3/t14-,20-,22-/m1/s1. The van der Waals surface area contributed by atoms with Crippen LogP contribution in [0.4, 0.5) is 4.39 Å². The Bertz CT molecular complexity index is 1020. The molecule has 2 aliphatic carbocycles. The molecule has 4 rings (SSSR count). The van der Waals surface area contributed by atoms with Gasteiger partial charge in [0, 0.05) is 22.9 Å². The molecule has 7 heteroatoms. The van der Waals surface area contributed by atoms with Crippen molar-refractivity contribution < 1.29 is 28.2 Å². The fourth-order valence-corrected chi connectivity index (χ4v) is 5.34. The summed E-state index contributed by atoms with van der Waals surface area (Å²) in [7, 11) is 1.26. The number of Topliss-reactive ketones (excluding diaryl/α,β-unsaturated/α-hetero) is 1. The Morgan fingerprint density at radius 3 is 2.39 bits per heavy atom. The SMILES string of the molecule is COC(=O)[C@H]1C(=O)C2=C(C[C@H]1C)NC(C)=C(C(=O)OC1CCCCC1)[C@H]2c1ccc(F)cc1. The third-order valence-electron chi connectivity index (χ3n) is 6.99. The number of rotatable bonds is 4. The number of benzene rings is 1. The molecule has 0 radical (unpaired) electrons. The van der Waals surface area contributed by atoms with Crippen LogP contribution in [-0.2, 0) is 23.9 Å². The summed E-state index contributed by atoms with van der Waals surface area (Å²) in [6.45, 7) is 3.63. The van der Waals surface area contributed by atoms with Crippen molar-refractivity contribution in [3.05, 3.63) is 58.2 Å². The molecule has 3 atom stereocenters. The van der Waals surface area contributed by atoms with Gasteiger partial charge < -0.3 is 14.8 Å². The molecular weight excluding hydrogens is 425 g/mol. The minimum Gasteiger partial charge on any atom is -0.468 e. The maximum Gasteiger partial charge on any atom is 0.337 e. The van der Waals surface area contributed by atoms with Crippen molar-refractivity contribution in [3.63, 3.8) is 0 Å². The van der Waals surface area contributed by atoms with Crippen molar-refractivity contribution in [3.8, 4) is 0 Å². The van der Waals surface area contributed by atoms with Crippen LogP contribution in [-0.4, -0.2) is 30.9 Å². The van der Waals surface area contributed by atoms with Crippen LogP contribution in [0.5, 0.6) is 0 Å². The summed E-state index contributed by atoms with van der Waals surface area (Å²) in [4.78, 5) is 39.5. The molecule has 0 unspecified atom stereocenters.